The Bertz CT molecular complexity index is 2780. The van der Waals surface area contributed by atoms with Gasteiger partial charge < -0.3 is 9.80 Å². The first-order chi connectivity index (χ1) is 28.3. The fraction of sp³-hybridized carbons (Fsp3) is 0.0182. The van der Waals surface area contributed by atoms with Gasteiger partial charge in [0.1, 0.15) is 0 Å². The number of anilines is 6. The van der Waals surface area contributed by atoms with Gasteiger partial charge in [0.25, 0.3) is 0 Å². The Morgan fingerprint density at radius 2 is 0.526 bits per heavy atom. The molecule has 2 aliphatic rings. The van der Waals surface area contributed by atoms with Gasteiger partial charge in [-0.2, -0.15) is 0 Å². The van der Waals surface area contributed by atoms with E-state index in [4.69, 9.17) is 0 Å². The second kappa shape index (κ2) is 13.4. The number of hydrogen-bond acceptors (Lipinski definition) is 2. The van der Waals surface area contributed by atoms with Crippen LogP contribution in [0.25, 0.3) is 33.4 Å². The van der Waals surface area contributed by atoms with Gasteiger partial charge in [0.05, 0.1) is 28.2 Å². The minimum atomic E-state index is -0.620. The number of fused-ring (bicyclic) bond motifs is 8. The molecule has 9 aromatic rings. The van der Waals surface area contributed by atoms with Crippen molar-refractivity contribution in [1.29, 1.82) is 0 Å². The molecule has 2 heterocycles. The van der Waals surface area contributed by atoms with Crippen molar-refractivity contribution >= 4 is 34.1 Å². The lowest BCUT2D eigenvalue weighted by Crippen LogP contribution is -2.42. The van der Waals surface area contributed by atoms with E-state index in [2.05, 4.69) is 240 Å². The van der Waals surface area contributed by atoms with Crippen LogP contribution < -0.4 is 9.80 Å². The quantitative estimate of drug-likeness (QED) is 0.174. The Balaban J connectivity index is 1.17. The normalized spacial score (nSPS) is 13.3. The van der Waals surface area contributed by atoms with E-state index in [1.807, 2.05) is 0 Å². The highest BCUT2D eigenvalue weighted by Gasteiger charge is 2.51. The smallest absolute Gasteiger partial charge is 0.0783 e. The lowest BCUT2D eigenvalue weighted by atomic mass is 9.60. The maximum Gasteiger partial charge on any atom is 0.0783 e. The van der Waals surface area contributed by atoms with Crippen molar-refractivity contribution < 1.29 is 0 Å². The molecule has 11 rings (SSSR count). The number of benzene rings is 9. The Hall–Kier alpha value is -7.42. The first-order valence-corrected chi connectivity index (χ1v) is 19.7. The fourth-order valence-corrected chi connectivity index (χ4v) is 9.35. The summed E-state index contributed by atoms with van der Waals surface area (Å²) in [5, 5.41) is 0. The van der Waals surface area contributed by atoms with Crippen molar-refractivity contribution in [1.82, 2.24) is 0 Å². The Kier molecular flexibility index (Phi) is 7.75. The van der Waals surface area contributed by atoms with Gasteiger partial charge in [0.2, 0.25) is 0 Å². The zero-order valence-electron chi connectivity index (χ0n) is 31.3. The van der Waals surface area contributed by atoms with Gasteiger partial charge in [-0.05, 0) is 110 Å². The standard InChI is InChI=1S/C55H38N2/c1-4-16-39(17-5-1)42-28-33-45(34-29-42)56-51-25-13-10-22-47(51)55(48-23-11-14-26-52(48)56)49-24-12-15-27-53(49)57(46-35-30-43(31-36-46)40-18-6-2-7-19-40)54-37-32-44(38-50(54)55)41-20-8-3-9-21-41/h1-38H. The number of rotatable bonds is 5. The molecule has 1 spiro atoms. The summed E-state index contributed by atoms with van der Waals surface area (Å²) < 4.78 is 0. The predicted molar refractivity (Wildman–Crippen MR) is 238 cm³/mol. The van der Waals surface area contributed by atoms with Gasteiger partial charge in [-0.1, -0.05) is 176 Å². The molecule has 2 heteroatoms. The van der Waals surface area contributed by atoms with Crippen LogP contribution in [0.4, 0.5) is 34.1 Å². The van der Waals surface area contributed by atoms with Gasteiger partial charge in [0, 0.05) is 11.4 Å². The van der Waals surface area contributed by atoms with E-state index in [-0.39, 0.29) is 0 Å². The lowest BCUT2D eigenvalue weighted by molar-refractivity contribution is 0.719. The Morgan fingerprint density at radius 1 is 0.228 bits per heavy atom. The van der Waals surface area contributed by atoms with Gasteiger partial charge in [-0.3, -0.25) is 0 Å². The second-order valence-corrected chi connectivity index (χ2v) is 14.9. The number of para-hydroxylation sites is 3. The van der Waals surface area contributed by atoms with Crippen LogP contribution in [-0.2, 0) is 5.41 Å². The zero-order chi connectivity index (χ0) is 37.8. The van der Waals surface area contributed by atoms with Gasteiger partial charge in [-0.15, -0.1) is 0 Å². The minimum Gasteiger partial charge on any atom is -0.310 e. The average molecular weight is 727 g/mol. The molecule has 2 nitrogen and oxygen atoms in total. The Morgan fingerprint density at radius 3 is 0.930 bits per heavy atom. The highest BCUT2D eigenvalue weighted by molar-refractivity contribution is 5.97. The highest BCUT2D eigenvalue weighted by atomic mass is 15.2. The van der Waals surface area contributed by atoms with Crippen molar-refractivity contribution in [2.75, 3.05) is 9.80 Å². The van der Waals surface area contributed by atoms with Gasteiger partial charge in [-0.25, -0.2) is 0 Å². The van der Waals surface area contributed by atoms with E-state index in [0.717, 1.165) is 11.4 Å². The second-order valence-electron chi connectivity index (χ2n) is 14.9. The highest BCUT2D eigenvalue weighted by Crippen LogP contribution is 2.64. The molecule has 57 heavy (non-hydrogen) atoms. The molecule has 0 fully saturated rings. The topological polar surface area (TPSA) is 6.48 Å². The first-order valence-electron chi connectivity index (χ1n) is 19.7. The molecule has 0 unspecified atom stereocenters. The lowest BCUT2D eigenvalue weighted by Gasteiger charge is -2.51. The van der Waals surface area contributed by atoms with E-state index in [1.165, 1.54) is 78.4 Å². The van der Waals surface area contributed by atoms with Crippen LogP contribution >= 0.6 is 0 Å². The predicted octanol–water partition coefficient (Wildman–Crippen LogP) is 14.6. The summed E-state index contributed by atoms with van der Waals surface area (Å²) >= 11 is 0. The molecule has 0 saturated carbocycles. The van der Waals surface area contributed by atoms with Crippen LogP contribution in [0.2, 0.25) is 0 Å². The molecule has 268 valence electrons. The SMILES string of the molecule is c1ccc(-c2ccc(N3c4ccccc4C4(c5ccccc53)c3ccccc3N(c3ccc(-c5ccccc5)cc3)c3ccc(-c5ccccc5)cc34)cc2)cc1. The molecule has 0 saturated heterocycles. The first kappa shape index (κ1) is 33.0. The summed E-state index contributed by atoms with van der Waals surface area (Å²) in [4.78, 5) is 4.93. The summed E-state index contributed by atoms with van der Waals surface area (Å²) in [6.45, 7) is 0. The largest absolute Gasteiger partial charge is 0.310 e. The van der Waals surface area contributed by atoms with Crippen molar-refractivity contribution in [3.05, 3.63) is 253 Å². The van der Waals surface area contributed by atoms with E-state index < -0.39 is 5.41 Å². The molecule has 0 amide bonds. The monoisotopic (exact) mass is 726 g/mol. The maximum atomic E-state index is 2.47. The van der Waals surface area contributed by atoms with Gasteiger partial charge >= 0.3 is 0 Å². The fourth-order valence-electron chi connectivity index (χ4n) is 9.35. The van der Waals surface area contributed by atoms with Crippen LogP contribution in [0, 0.1) is 0 Å². The van der Waals surface area contributed by atoms with Crippen LogP contribution in [0.15, 0.2) is 231 Å². The van der Waals surface area contributed by atoms with Crippen LogP contribution in [0.3, 0.4) is 0 Å². The molecule has 0 aromatic heterocycles. The minimum absolute atomic E-state index is 0.620. The third-order valence-electron chi connectivity index (χ3n) is 11.9. The molecule has 0 N–H and O–H groups in total. The van der Waals surface area contributed by atoms with E-state index >= 15 is 0 Å². The summed E-state index contributed by atoms with van der Waals surface area (Å²) in [5.41, 5.74) is 18.6. The molecule has 0 aliphatic carbocycles. The molecule has 0 atom stereocenters. The third kappa shape index (κ3) is 5.18. The summed E-state index contributed by atoms with van der Waals surface area (Å²) in [5.74, 6) is 0. The average Bonchev–Trinajstić information content (AvgIpc) is 3.30. The van der Waals surface area contributed by atoms with E-state index in [1.54, 1.807) is 0 Å². The molecular weight excluding hydrogens is 689 g/mol. The van der Waals surface area contributed by atoms with Crippen molar-refractivity contribution in [2.45, 2.75) is 5.41 Å². The molecular formula is C55H38N2. The Labute approximate surface area is 334 Å². The molecule has 0 bridgehead atoms. The summed E-state index contributed by atoms with van der Waals surface area (Å²) in [6.07, 6.45) is 0. The van der Waals surface area contributed by atoms with Gasteiger partial charge in [0.15, 0.2) is 0 Å². The summed E-state index contributed by atoms with van der Waals surface area (Å²) in [6, 6.07) is 84.4. The maximum absolute atomic E-state index is 2.47. The van der Waals surface area contributed by atoms with Crippen molar-refractivity contribution in [3.63, 3.8) is 0 Å². The van der Waals surface area contributed by atoms with Crippen molar-refractivity contribution in [2.24, 2.45) is 0 Å². The number of nitrogens with zero attached hydrogens (tertiary/aromatic N) is 2. The molecule has 2 aliphatic heterocycles. The van der Waals surface area contributed by atoms with Crippen LogP contribution in [0.1, 0.15) is 22.3 Å². The molecule has 0 radical (unpaired) electrons. The zero-order valence-corrected chi connectivity index (χ0v) is 31.3. The van der Waals surface area contributed by atoms with Crippen LogP contribution in [0.5, 0.6) is 0 Å². The third-order valence-corrected chi connectivity index (χ3v) is 11.9. The van der Waals surface area contributed by atoms with Crippen LogP contribution in [-0.4, -0.2) is 0 Å². The summed E-state index contributed by atoms with van der Waals surface area (Å²) in [7, 11) is 0. The van der Waals surface area contributed by atoms with Crippen molar-refractivity contribution in [3.8, 4) is 33.4 Å². The van der Waals surface area contributed by atoms with E-state index in [0.29, 0.717) is 0 Å². The van der Waals surface area contributed by atoms with E-state index in [9.17, 15) is 0 Å². The molecule has 9 aromatic carbocycles. The number of hydrogen-bond donors (Lipinski definition) is 0.